The number of carbonyl (C=O) groups is 1. The van der Waals surface area contributed by atoms with Gasteiger partial charge in [0.15, 0.2) is 0 Å². The van der Waals surface area contributed by atoms with Crippen molar-refractivity contribution in [2.75, 3.05) is 6.61 Å². The summed E-state index contributed by atoms with van der Waals surface area (Å²) in [6, 6.07) is 7.62. The third kappa shape index (κ3) is 11.2. The molecule has 0 aromatic heterocycles. The highest BCUT2D eigenvalue weighted by Crippen LogP contribution is 2.12. The Hall–Kier alpha value is -2.04. The van der Waals surface area contributed by atoms with E-state index in [1.807, 2.05) is 24.3 Å². The van der Waals surface area contributed by atoms with Crippen LogP contribution >= 0.6 is 0 Å². The Balaban J connectivity index is 2.24. The van der Waals surface area contributed by atoms with E-state index in [1.165, 1.54) is 32.1 Å². The molecular formula is C20H32N2O3. The van der Waals surface area contributed by atoms with Crippen LogP contribution in [0.25, 0.3) is 0 Å². The molecule has 25 heavy (non-hydrogen) atoms. The summed E-state index contributed by atoms with van der Waals surface area (Å²) in [5, 5.41) is 3.88. The van der Waals surface area contributed by atoms with Crippen LogP contribution in [0.15, 0.2) is 29.4 Å². The maximum absolute atomic E-state index is 11.5. The molecule has 0 heterocycles. The van der Waals surface area contributed by atoms with Crippen LogP contribution < -0.4 is 10.2 Å². The molecule has 1 rings (SSSR count). The van der Waals surface area contributed by atoms with Crippen LogP contribution in [0.2, 0.25) is 0 Å². The number of hydrogen-bond acceptors (Lipinski definition) is 4. The monoisotopic (exact) mass is 348 g/mol. The van der Waals surface area contributed by atoms with Crippen molar-refractivity contribution < 1.29 is 14.3 Å². The molecule has 0 aliphatic carbocycles. The standard InChI is InChI=1S/C20H32N2O3/c1-5-6-7-8-9-10-15-24-18-13-11-17(12-14-18)16-21-22-19(23)25-20(2,3)4/h11-14,16H,5-10,15H2,1-4H3,(H,22,23)/b21-16+. The fourth-order valence-corrected chi connectivity index (χ4v) is 2.18. The van der Waals surface area contributed by atoms with E-state index in [9.17, 15) is 4.79 Å². The smallest absolute Gasteiger partial charge is 0.428 e. The van der Waals surface area contributed by atoms with Gasteiger partial charge in [0, 0.05) is 0 Å². The van der Waals surface area contributed by atoms with Crippen molar-refractivity contribution in [3.63, 3.8) is 0 Å². The van der Waals surface area contributed by atoms with Gasteiger partial charge in [0.2, 0.25) is 0 Å². The lowest BCUT2D eigenvalue weighted by Crippen LogP contribution is -2.29. The van der Waals surface area contributed by atoms with Crippen LogP contribution in [-0.2, 0) is 4.74 Å². The van der Waals surface area contributed by atoms with Crippen molar-refractivity contribution in [1.29, 1.82) is 0 Å². The van der Waals surface area contributed by atoms with Crippen LogP contribution in [0, 0.1) is 0 Å². The first-order valence-electron chi connectivity index (χ1n) is 9.15. The maximum Gasteiger partial charge on any atom is 0.428 e. The first-order valence-corrected chi connectivity index (χ1v) is 9.15. The Morgan fingerprint density at radius 2 is 1.72 bits per heavy atom. The van der Waals surface area contributed by atoms with Crippen LogP contribution in [0.5, 0.6) is 5.75 Å². The van der Waals surface area contributed by atoms with Crippen LogP contribution in [0.3, 0.4) is 0 Å². The lowest BCUT2D eigenvalue weighted by Gasteiger charge is -2.18. The molecule has 1 amide bonds. The number of unbranched alkanes of at least 4 members (excludes halogenated alkanes) is 5. The highest BCUT2D eigenvalue weighted by Gasteiger charge is 2.15. The molecule has 5 nitrogen and oxygen atoms in total. The number of benzene rings is 1. The predicted molar refractivity (Wildman–Crippen MR) is 102 cm³/mol. The van der Waals surface area contributed by atoms with E-state index in [2.05, 4.69) is 17.5 Å². The summed E-state index contributed by atoms with van der Waals surface area (Å²) >= 11 is 0. The van der Waals surface area contributed by atoms with Crippen molar-refractivity contribution in [2.45, 2.75) is 71.8 Å². The first kappa shape index (κ1) is 21.0. The summed E-state index contributed by atoms with van der Waals surface area (Å²) in [6.45, 7) is 8.39. The molecular weight excluding hydrogens is 316 g/mol. The Kier molecular flexibility index (Phi) is 9.66. The molecule has 0 bridgehead atoms. The number of rotatable bonds is 10. The average molecular weight is 348 g/mol. The van der Waals surface area contributed by atoms with Gasteiger partial charge in [-0.15, -0.1) is 0 Å². The normalized spacial score (nSPS) is 11.5. The average Bonchev–Trinajstić information content (AvgIpc) is 2.54. The zero-order chi connectivity index (χ0) is 18.5. The molecule has 0 spiro atoms. The number of nitrogens with one attached hydrogen (secondary N) is 1. The van der Waals surface area contributed by atoms with Gasteiger partial charge in [0.05, 0.1) is 12.8 Å². The van der Waals surface area contributed by atoms with Crippen molar-refractivity contribution in [3.05, 3.63) is 29.8 Å². The summed E-state index contributed by atoms with van der Waals surface area (Å²) in [5.41, 5.74) is 2.69. The Bertz CT molecular complexity index is 519. The second-order valence-corrected chi connectivity index (χ2v) is 7.06. The van der Waals surface area contributed by atoms with E-state index < -0.39 is 11.7 Å². The lowest BCUT2D eigenvalue weighted by atomic mass is 10.1. The summed E-state index contributed by atoms with van der Waals surface area (Å²) < 4.78 is 10.8. The van der Waals surface area contributed by atoms with E-state index >= 15 is 0 Å². The van der Waals surface area contributed by atoms with E-state index in [-0.39, 0.29) is 0 Å². The van der Waals surface area contributed by atoms with E-state index in [0.717, 1.165) is 24.3 Å². The molecule has 0 unspecified atom stereocenters. The van der Waals surface area contributed by atoms with Crippen molar-refractivity contribution in [1.82, 2.24) is 5.43 Å². The minimum atomic E-state index is -0.567. The van der Waals surface area contributed by atoms with Crippen molar-refractivity contribution in [3.8, 4) is 5.75 Å². The van der Waals surface area contributed by atoms with Gasteiger partial charge in [0.25, 0.3) is 0 Å². The van der Waals surface area contributed by atoms with E-state index in [4.69, 9.17) is 9.47 Å². The zero-order valence-corrected chi connectivity index (χ0v) is 16.0. The second-order valence-electron chi connectivity index (χ2n) is 7.06. The van der Waals surface area contributed by atoms with Gasteiger partial charge in [-0.25, -0.2) is 10.2 Å². The van der Waals surface area contributed by atoms with Gasteiger partial charge in [-0.2, -0.15) is 5.10 Å². The molecule has 0 atom stereocenters. The van der Waals surface area contributed by atoms with E-state index in [1.54, 1.807) is 27.0 Å². The Morgan fingerprint density at radius 3 is 2.36 bits per heavy atom. The summed E-state index contributed by atoms with van der Waals surface area (Å²) in [7, 11) is 0. The van der Waals surface area contributed by atoms with Crippen LogP contribution in [-0.4, -0.2) is 24.5 Å². The van der Waals surface area contributed by atoms with Gasteiger partial charge in [-0.05, 0) is 57.0 Å². The molecule has 0 aliphatic rings. The number of hydrogen-bond donors (Lipinski definition) is 1. The maximum atomic E-state index is 11.5. The summed E-state index contributed by atoms with van der Waals surface area (Å²) in [6.07, 6.45) is 8.53. The molecule has 0 saturated heterocycles. The highest BCUT2D eigenvalue weighted by atomic mass is 16.6. The quantitative estimate of drug-likeness (QED) is 0.355. The number of ether oxygens (including phenoxy) is 2. The molecule has 0 radical (unpaired) electrons. The van der Waals surface area contributed by atoms with Crippen molar-refractivity contribution >= 4 is 12.3 Å². The topological polar surface area (TPSA) is 59.9 Å². The fourth-order valence-electron chi connectivity index (χ4n) is 2.18. The van der Waals surface area contributed by atoms with Gasteiger partial charge < -0.3 is 9.47 Å². The third-order valence-corrected chi connectivity index (χ3v) is 3.42. The van der Waals surface area contributed by atoms with Crippen LogP contribution in [0.4, 0.5) is 4.79 Å². The minimum absolute atomic E-state index is 0.533. The van der Waals surface area contributed by atoms with Crippen LogP contribution in [0.1, 0.15) is 71.8 Å². The third-order valence-electron chi connectivity index (χ3n) is 3.42. The Labute approximate surface area is 151 Å². The molecule has 1 aromatic rings. The second kappa shape index (κ2) is 11.5. The van der Waals surface area contributed by atoms with Gasteiger partial charge in [-0.1, -0.05) is 39.0 Å². The molecule has 0 saturated carbocycles. The molecule has 140 valence electrons. The fraction of sp³-hybridized carbons (Fsp3) is 0.600. The van der Waals surface area contributed by atoms with Gasteiger partial charge in [0.1, 0.15) is 11.4 Å². The SMILES string of the molecule is CCCCCCCCOc1ccc(/C=N/NC(=O)OC(C)(C)C)cc1. The number of carbonyl (C=O) groups excluding carboxylic acids is 1. The molecule has 0 aliphatic heterocycles. The molecule has 1 aromatic carbocycles. The first-order chi connectivity index (χ1) is 11.9. The van der Waals surface area contributed by atoms with E-state index in [0.29, 0.717) is 0 Å². The molecule has 1 N–H and O–H groups in total. The molecule has 5 heteroatoms. The molecule has 0 fully saturated rings. The van der Waals surface area contributed by atoms with Crippen molar-refractivity contribution in [2.24, 2.45) is 5.10 Å². The lowest BCUT2D eigenvalue weighted by molar-refractivity contribution is 0.0529. The van der Waals surface area contributed by atoms with Gasteiger partial charge in [-0.3, -0.25) is 0 Å². The number of amides is 1. The highest BCUT2D eigenvalue weighted by molar-refractivity contribution is 5.81. The largest absolute Gasteiger partial charge is 0.494 e. The minimum Gasteiger partial charge on any atom is -0.494 e. The predicted octanol–water partition coefficient (Wildman–Crippen LogP) is 5.28. The number of nitrogens with zero attached hydrogens (tertiary/aromatic N) is 1. The van der Waals surface area contributed by atoms with Gasteiger partial charge >= 0.3 is 6.09 Å². The number of hydrazone groups is 1. The summed E-state index contributed by atoms with van der Waals surface area (Å²) in [4.78, 5) is 11.5. The summed E-state index contributed by atoms with van der Waals surface area (Å²) in [5.74, 6) is 0.853. The Morgan fingerprint density at radius 1 is 1.08 bits per heavy atom. The zero-order valence-electron chi connectivity index (χ0n) is 16.0.